The second kappa shape index (κ2) is 4.51. The van der Waals surface area contributed by atoms with Crippen LogP contribution in [0.2, 0.25) is 0 Å². The van der Waals surface area contributed by atoms with Crippen LogP contribution in [-0.2, 0) is 4.74 Å². The number of alkyl halides is 3. The van der Waals surface area contributed by atoms with Gasteiger partial charge in [0.05, 0.1) is 6.61 Å². The summed E-state index contributed by atoms with van der Waals surface area (Å²) in [5, 5.41) is 18.5. The number of aliphatic hydroxyl groups is 2. The zero-order chi connectivity index (χ0) is 14.4. The lowest BCUT2D eigenvalue weighted by atomic mass is 10.1. The molecular weight excluding hydrogens is 328 g/mol. The van der Waals surface area contributed by atoms with Gasteiger partial charge in [0.2, 0.25) is 0 Å². The molecule has 1 unspecified atom stereocenters. The lowest BCUT2D eigenvalue weighted by molar-refractivity contribution is -0.166. The Labute approximate surface area is 116 Å². The summed E-state index contributed by atoms with van der Waals surface area (Å²) in [6.07, 6.45) is -1.10. The molecule has 0 spiro atoms. The molecule has 19 heavy (non-hydrogen) atoms. The summed E-state index contributed by atoms with van der Waals surface area (Å²) in [6, 6.07) is 0. The van der Waals surface area contributed by atoms with Gasteiger partial charge in [0.1, 0.15) is 17.8 Å². The molecule has 0 aromatic carbocycles. The van der Waals surface area contributed by atoms with Crippen molar-refractivity contribution in [2.24, 2.45) is 10.7 Å². The summed E-state index contributed by atoms with van der Waals surface area (Å²) in [5.74, 6) is -3.67. The van der Waals surface area contributed by atoms with E-state index < -0.39 is 29.4 Å². The van der Waals surface area contributed by atoms with Crippen molar-refractivity contribution in [2.45, 2.75) is 22.8 Å². The number of nitrogens with zero attached hydrogens (tertiary/aromatic N) is 2. The number of halogens is 3. The molecule has 0 amide bonds. The quantitative estimate of drug-likeness (QED) is 0.489. The predicted octanol–water partition coefficient (Wildman–Crippen LogP) is 0.0801. The van der Waals surface area contributed by atoms with Crippen LogP contribution in [0.15, 0.2) is 29.7 Å². The maximum Gasteiger partial charge on any atom is 0.333 e. The van der Waals surface area contributed by atoms with Gasteiger partial charge in [0.25, 0.3) is 4.63 Å². The fourth-order valence-electron chi connectivity index (χ4n) is 1.85. The molecule has 1 fully saturated rings. The van der Waals surface area contributed by atoms with Crippen LogP contribution in [0, 0.1) is 0 Å². The Morgan fingerprint density at radius 2 is 2.26 bits per heavy atom. The van der Waals surface area contributed by atoms with Gasteiger partial charge in [0.15, 0.2) is 6.10 Å². The molecule has 0 saturated carbocycles. The van der Waals surface area contributed by atoms with E-state index in [2.05, 4.69) is 27.5 Å². The van der Waals surface area contributed by atoms with Gasteiger partial charge in [-0.15, -0.1) is 0 Å². The van der Waals surface area contributed by atoms with Crippen LogP contribution < -0.4 is 5.73 Å². The highest BCUT2D eigenvalue weighted by atomic mass is 79.9. The molecule has 0 radical (unpaired) electrons. The van der Waals surface area contributed by atoms with Crippen LogP contribution in [-0.4, -0.2) is 50.3 Å². The van der Waals surface area contributed by atoms with Crippen molar-refractivity contribution in [1.82, 2.24) is 4.90 Å². The molecule has 9 heteroatoms. The third-order valence-electron chi connectivity index (χ3n) is 2.86. The van der Waals surface area contributed by atoms with E-state index in [9.17, 15) is 13.9 Å². The first kappa shape index (κ1) is 14.4. The molecule has 0 aliphatic carbocycles. The highest BCUT2D eigenvalue weighted by Gasteiger charge is 2.70. The van der Waals surface area contributed by atoms with Gasteiger partial charge < -0.3 is 20.7 Å². The second-order valence-electron chi connectivity index (χ2n) is 4.11. The second-order valence-corrected chi connectivity index (χ2v) is 5.18. The molecule has 0 bridgehead atoms. The minimum Gasteiger partial charge on any atom is -0.394 e. The van der Waals surface area contributed by atoms with Crippen LogP contribution in [0.1, 0.15) is 0 Å². The molecule has 2 aliphatic heterocycles. The van der Waals surface area contributed by atoms with E-state index in [0.717, 1.165) is 4.90 Å². The fourth-order valence-corrected chi connectivity index (χ4v) is 2.65. The predicted molar refractivity (Wildman–Crippen MR) is 66.3 cm³/mol. The number of aliphatic hydroxyl groups excluding tert-OH is 2. The molecule has 2 aliphatic rings. The van der Waals surface area contributed by atoms with Crippen molar-refractivity contribution < 1.29 is 23.7 Å². The van der Waals surface area contributed by atoms with Gasteiger partial charge in [-0.3, -0.25) is 4.90 Å². The maximum atomic E-state index is 14.1. The van der Waals surface area contributed by atoms with E-state index in [1.54, 1.807) is 0 Å². The van der Waals surface area contributed by atoms with Gasteiger partial charge in [-0.05, 0) is 22.0 Å². The Morgan fingerprint density at radius 3 is 2.74 bits per heavy atom. The highest BCUT2D eigenvalue weighted by Crippen LogP contribution is 2.51. The van der Waals surface area contributed by atoms with E-state index >= 15 is 0 Å². The summed E-state index contributed by atoms with van der Waals surface area (Å²) in [7, 11) is 0. The van der Waals surface area contributed by atoms with Crippen molar-refractivity contribution in [1.29, 1.82) is 0 Å². The van der Waals surface area contributed by atoms with Crippen LogP contribution in [0.5, 0.6) is 0 Å². The number of hydrogen-bond acceptors (Lipinski definition) is 6. The first-order valence-electron chi connectivity index (χ1n) is 5.28. The van der Waals surface area contributed by atoms with Crippen molar-refractivity contribution in [3.63, 3.8) is 0 Å². The molecular formula is C10H12BrF2N3O3. The maximum absolute atomic E-state index is 14.1. The molecule has 106 valence electrons. The highest BCUT2D eigenvalue weighted by molar-refractivity contribution is 9.10. The Balaban J connectivity index is 2.38. The lowest BCUT2D eigenvalue weighted by Crippen LogP contribution is -2.54. The topological polar surface area (TPSA) is 91.3 Å². The van der Waals surface area contributed by atoms with Gasteiger partial charge in [-0.1, -0.05) is 6.58 Å². The number of hydrogen-bond donors (Lipinski definition) is 3. The van der Waals surface area contributed by atoms with E-state index in [1.807, 2.05) is 0 Å². The first-order valence-corrected chi connectivity index (χ1v) is 6.07. The SMILES string of the molecule is C=C1N=C(N)C=CN1[C@]1(Br)O[C@H](CO)C(O)C1(F)F. The summed E-state index contributed by atoms with van der Waals surface area (Å²) in [5.41, 5.74) is 5.42. The number of ether oxygens (including phenoxy) is 1. The molecule has 4 N–H and O–H groups in total. The van der Waals surface area contributed by atoms with Crippen molar-refractivity contribution in [2.75, 3.05) is 6.61 Å². The van der Waals surface area contributed by atoms with E-state index in [0.29, 0.717) is 0 Å². The van der Waals surface area contributed by atoms with Crippen molar-refractivity contribution in [3.8, 4) is 0 Å². The molecule has 2 heterocycles. The minimum absolute atomic E-state index is 0.0812. The van der Waals surface area contributed by atoms with E-state index in [1.165, 1.54) is 12.3 Å². The van der Waals surface area contributed by atoms with Crippen molar-refractivity contribution in [3.05, 3.63) is 24.7 Å². The molecule has 3 atom stereocenters. The molecule has 0 aromatic rings. The van der Waals surface area contributed by atoms with Crippen LogP contribution in [0.3, 0.4) is 0 Å². The summed E-state index contributed by atoms with van der Waals surface area (Å²) in [6.45, 7) is 2.75. The third kappa shape index (κ3) is 1.97. The number of nitrogens with two attached hydrogens (primary N) is 1. The van der Waals surface area contributed by atoms with Gasteiger partial charge in [-0.2, -0.15) is 8.78 Å². The zero-order valence-corrected chi connectivity index (χ0v) is 11.2. The van der Waals surface area contributed by atoms with Gasteiger partial charge >= 0.3 is 5.92 Å². The number of rotatable bonds is 2. The van der Waals surface area contributed by atoms with Gasteiger partial charge in [0, 0.05) is 6.20 Å². The zero-order valence-electron chi connectivity index (χ0n) is 9.63. The van der Waals surface area contributed by atoms with Crippen LogP contribution >= 0.6 is 15.9 Å². The normalized spacial score (nSPS) is 37.6. The summed E-state index contributed by atoms with van der Waals surface area (Å²) >= 11 is 2.77. The van der Waals surface area contributed by atoms with Crippen LogP contribution in [0.4, 0.5) is 8.78 Å². The Kier molecular flexibility index (Phi) is 3.42. The third-order valence-corrected chi connectivity index (χ3v) is 3.96. The fraction of sp³-hybridized carbons (Fsp3) is 0.500. The lowest BCUT2D eigenvalue weighted by Gasteiger charge is -2.39. The van der Waals surface area contributed by atoms with Gasteiger partial charge in [-0.25, -0.2) is 4.99 Å². The molecule has 1 saturated heterocycles. The number of aliphatic imine (C=N–C) groups is 1. The summed E-state index contributed by atoms with van der Waals surface area (Å²) < 4.78 is 31.0. The first-order chi connectivity index (χ1) is 8.74. The average molecular weight is 340 g/mol. The van der Waals surface area contributed by atoms with Crippen LogP contribution in [0.25, 0.3) is 0 Å². The minimum atomic E-state index is -3.70. The standard InChI is InChI=1S/C10H12BrF2N3O3/c1-5-15-7(14)2-3-16(5)10(11)9(12,13)8(18)6(4-17)19-10/h2-3,6,8,17-18H,1,4H2,(H2,14,15)/t6-,8?,10+/m1/s1. The van der Waals surface area contributed by atoms with Crippen molar-refractivity contribution >= 4 is 21.8 Å². The Bertz CT molecular complexity index is 471. The van der Waals surface area contributed by atoms with E-state index in [-0.39, 0.29) is 11.7 Å². The van der Waals surface area contributed by atoms with E-state index in [4.69, 9.17) is 15.6 Å². The molecule has 6 nitrogen and oxygen atoms in total. The Morgan fingerprint density at radius 1 is 1.63 bits per heavy atom. The smallest absolute Gasteiger partial charge is 0.333 e. The number of amidine groups is 1. The largest absolute Gasteiger partial charge is 0.394 e. The Hall–Kier alpha value is -1.03. The molecule has 2 rings (SSSR count). The summed E-state index contributed by atoms with van der Waals surface area (Å²) in [4.78, 5) is 4.65. The molecule has 0 aromatic heterocycles. The average Bonchev–Trinajstić information content (AvgIpc) is 2.50. The monoisotopic (exact) mass is 339 g/mol.